The highest BCUT2D eigenvalue weighted by Crippen LogP contribution is 2.64. The molecule has 0 amide bonds. The number of hydrogen-bond acceptors (Lipinski definition) is 0. The molecule has 0 radical (unpaired) electrons. The highest BCUT2D eigenvalue weighted by atomic mass is 19.4. The maximum atomic E-state index is 13.9. The molecule has 0 saturated heterocycles. The predicted molar refractivity (Wildman–Crippen MR) is 100 cm³/mol. The Morgan fingerprint density at radius 2 is 0.842 bits per heavy atom. The van der Waals surface area contributed by atoms with Crippen LogP contribution in [0.5, 0.6) is 0 Å². The maximum absolute atomic E-state index is 13.9. The molecule has 0 aliphatic carbocycles. The van der Waals surface area contributed by atoms with Crippen molar-refractivity contribution in [1.82, 2.24) is 0 Å². The van der Waals surface area contributed by atoms with Gasteiger partial charge in [-0.05, 0) is 31.4 Å². The van der Waals surface area contributed by atoms with Gasteiger partial charge in [0.25, 0.3) is 0 Å². The van der Waals surface area contributed by atoms with E-state index in [4.69, 9.17) is 0 Å². The van der Waals surface area contributed by atoms with Gasteiger partial charge in [0.15, 0.2) is 0 Å². The number of halogens is 17. The third kappa shape index (κ3) is 6.03. The van der Waals surface area contributed by atoms with E-state index in [1.54, 1.807) is 7.05 Å². The molecule has 0 bridgehead atoms. The van der Waals surface area contributed by atoms with Crippen LogP contribution in [0.4, 0.5) is 74.6 Å². The zero-order chi connectivity index (χ0) is 30.9. The lowest BCUT2D eigenvalue weighted by Crippen LogP contribution is -2.74. The van der Waals surface area contributed by atoms with Gasteiger partial charge in [0.05, 0.1) is 26.7 Å². The molecule has 0 aromatic heterocycles. The van der Waals surface area contributed by atoms with Crippen LogP contribution < -0.4 is 0 Å². The van der Waals surface area contributed by atoms with Gasteiger partial charge in [-0.15, -0.1) is 0 Å². The van der Waals surface area contributed by atoms with Crippen LogP contribution in [0.1, 0.15) is 25.7 Å². The smallest absolute Gasteiger partial charge is 0.320 e. The zero-order valence-corrected chi connectivity index (χ0v) is 19.4. The molecule has 226 valence electrons. The van der Waals surface area contributed by atoms with E-state index >= 15 is 0 Å². The van der Waals surface area contributed by atoms with Crippen LogP contribution in [0.2, 0.25) is 0 Å². The van der Waals surface area contributed by atoms with Gasteiger partial charge in [0.2, 0.25) is 0 Å². The summed E-state index contributed by atoms with van der Waals surface area (Å²) in [5.41, 5.74) is 0. The summed E-state index contributed by atoms with van der Waals surface area (Å²) in [6.07, 6.45) is -8.84. The summed E-state index contributed by atoms with van der Waals surface area (Å²) in [7, 11) is 1.63. The van der Waals surface area contributed by atoms with Crippen molar-refractivity contribution in [2.75, 3.05) is 26.7 Å². The van der Waals surface area contributed by atoms with E-state index in [-0.39, 0.29) is 17.4 Å². The average molecular weight is 600 g/mol. The molecule has 0 spiro atoms. The van der Waals surface area contributed by atoms with Crippen molar-refractivity contribution in [3.05, 3.63) is 25.3 Å². The average Bonchev–Trinajstić information content (AvgIpc) is 2.72. The molecule has 38 heavy (non-hydrogen) atoms. The van der Waals surface area contributed by atoms with Gasteiger partial charge in [-0.3, -0.25) is 0 Å². The fourth-order valence-corrected chi connectivity index (χ4v) is 3.25. The monoisotopic (exact) mass is 600 g/mol. The normalized spacial score (nSPS) is 15.5. The van der Waals surface area contributed by atoms with Gasteiger partial charge in [0, 0.05) is 6.42 Å². The Morgan fingerprint density at radius 3 is 1.18 bits per heavy atom. The van der Waals surface area contributed by atoms with Crippen molar-refractivity contribution in [2.24, 2.45) is 0 Å². The second-order valence-corrected chi connectivity index (χ2v) is 8.74. The van der Waals surface area contributed by atoms with E-state index in [0.29, 0.717) is 13.1 Å². The van der Waals surface area contributed by atoms with Gasteiger partial charge >= 0.3 is 47.6 Å². The van der Waals surface area contributed by atoms with E-state index in [2.05, 4.69) is 13.2 Å². The van der Waals surface area contributed by atoms with Crippen LogP contribution in [0.3, 0.4) is 0 Å². The molecular formula is C20H23F17N+. The first-order valence-electron chi connectivity index (χ1n) is 10.3. The molecule has 0 unspecified atom stereocenters. The highest BCUT2D eigenvalue weighted by Gasteiger charge is 2.95. The van der Waals surface area contributed by atoms with Crippen molar-refractivity contribution >= 4 is 0 Å². The van der Waals surface area contributed by atoms with Crippen molar-refractivity contribution in [3.63, 3.8) is 0 Å². The molecule has 1 nitrogen and oxygen atoms in total. The zero-order valence-electron chi connectivity index (χ0n) is 19.4. The third-order valence-electron chi connectivity index (χ3n) is 5.62. The predicted octanol–water partition coefficient (Wildman–Crippen LogP) is 8.37. The second-order valence-electron chi connectivity index (χ2n) is 8.74. The molecule has 0 heterocycles. The molecule has 0 aromatic carbocycles. The molecule has 0 N–H and O–H groups in total. The number of hydrogen-bond donors (Lipinski definition) is 0. The molecule has 0 rings (SSSR count). The Hall–Kier alpha value is -1.75. The summed E-state index contributed by atoms with van der Waals surface area (Å²) < 4.78 is 225. The van der Waals surface area contributed by atoms with Gasteiger partial charge in [-0.2, -0.15) is 74.6 Å². The Labute approximate surface area is 205 Å². The fraction of sp³-hybridized carbons (Fsp3) is 0.800. The van der Waals surface area contributed by atoms with Crippen LogP contribution in [0, 0.1) is 0 Å². The first-order valence-corrected chi connectivity index (χ1v) is 10.3. The third-order valence-corrected chi connectivity index (χ3v) is 5.62. The summed E-state index contributed by atoms with van der Waals surface area (Å²) in [4.78, 5) is 0. The minimum atomic E-state index is -8.60. The molecular weight excluding hydrogens is 577 g/mol. The van der Waals surface area contributed by atoms with Crippen LogP contribution in [-0.2, 0) is 0 Å². The number of quaternary nitrogens is 1. The molecule has 0 fully saturated rings. The maximum Gasteiger partial charge on any atom is 0.460 e. The number of alkyl halides is 17. The van der Waals surface area contributed by atoms with Gasteiger partial charge in [-0.1, -0.05) is 13.2 Å². The van der Waals surface area contributed by atoms with Gasteiger partial charge < -0.3 is 4.48 Å². The summed E-state index contributed by atoms with van der Waals surface area (Å²) in [5, 5.41) is 0. The Kier molecular flexibility index (Phi) is 10.5. The van der Waals surface area contributed by atoms with E-state index < -0.39 is 66.9 Å². The number of likely N-dealkylation sites (N-methyl/N-ethyl adjacent to an activating group) is 1. The Bertz CT molecular complexity index is 803. The number of rotatable bonds is 16. The molecule has 0 aromatic rings. The number of unbranched alkanes of at least 4 members (excludes halogenated alkanes) is 2. The van der Waals surface area contributed by atoms with Crippen LogP contribution in [0.15, 0.2) is 25.3 Å². The van der Waals surface area contributed by atoms with Crippen molar-refractivity contribution in [1.29, 1.82) is 0 Å². The second kappa shape index (κ2) is 11.0. The number of nitrogens with zero attached hydrogens (tertiary/aromatic N) is 1. The summed E-state index contributed by atoms with van der Waals surface area (Å²) in [6, 6.07) is 0. The van der Waals surface area contributed by atoms with E-state index in [1.807, 2.05) is 0 Å². The molecule has 0 aliphatic heterocycles. The summed E-state index contributed by atoms with van der Waals surface area (Å²) >= 11 is 0. The molecule has 18 heteroatoms. The Balaban J connectivity index is 5.95. The quantitative estimate of drug-likeness (QED) is 0.0723. The fourth-order valence-electron chi connectivity index (χ4n) is 3.25. The minimum Gasteiger partial charge on any atom is -0.320 e. The lowest BCUT2D eigenvalue weighted by Gasteiger charge is -2.42. The SMILES string of the molecule is C=CC[N+](C)(CC=C)CCCCCC(F)(F)C(F)(F)C(F)(F)C(F)(F)C(F)(F)C(F)(F)C(F)(F)C(F)(F)F. The topological polar surface area (TPSA) is 0 Å². The molecule has 0 saturated carbocycles. The Morgan fingerprint density at radius 1 is 0.500 bits per heavy atom. The lowest BCUT2D eigenvalue weighted by molar-refractivity contribution is -0.898. The summed E-state index contributed by atoms with van der Waals surface area (Å²) in [6.45, 7) is 7.72. The van der Waals surface area contributed by atoms with E-state index in [9.17, 15) is 74.6 Å². The summed E-state index contributed by atoms with van der Waals surface area (Å²) in [5.74, 6) is -55.9. The molecule has 0 aliphatic rings. The van der Waals surface area contributed by atoms with Gasteiger partial charge in [0.1, 0.15) is 0 Å². The lowest BCUT2D eigenvalue weighted by atomic mass is 9.88. The van der Waals surface area contributed by atoms with E-state index in [0.717, 1.165) is 0 Å². The van der Waals surface area contributed by atoms with Crippen molar-refractivity contribution in [2.45, 2.75) is 73.3 Å². The van der Waals surface area contributed by atoms with Crippen LogP contribution in [0.25, 0.3) is 0 Å². The van der Waals surface area contributed by atoms with Crippen LogP contribution >= 0.6 is 0 Å². The standard InChI is InChI=1S/C20H23F17N/c1-4-10-38(3,11-5-2)12-8-6-7-9-13(21,22)14(23,24)15(25,26)16(27,28)17(29,30)18(31,32)19(33,34)20(35,36)37/h4-5H,1-2,6-12H2,3H3/q+1. The highest BCUT2D eigenvalue weighted by molar-refractivity contribution is 5.15. The minimum absolute atomic E-state index is 0.0524. The first kappa shape index (κ1) is 36.2. The van der Waals surface area contributed by atoms with Gasteiger partial charge in [-0.25, -0.2) is 0 Å². The van der Waals surface area contributed by atoms with E-state index in [1.165, 1.54) is 12.2 Å². The van der Waals surface area contributed by atoms with Crippen molar-refractivity contribution < 1.29 is 79.1 Å². The largest absolute Gasteiger partial charge is 0.460 e. The van der Waals surface area contributed by atoms with Crippen molar-refractivity contribution in [3.8, 4) is 0 Å². The molecule has 0 atom stereocenters. The van der Waals surface area contributed by atoms with Crippen LogP contribution in [-0.4, -0.2) is 78.8 Å². The first-order chi connectivity index (χ1) is 16.6.